The van der Waals surface area contributed by atoms with Crippen LogP contribution in [0.3, 0.4) is 0 Å². The molecule has 1 N–H and O–H groups in total. The highest BCUT2D eigenvalue weighted by atomic mass is 16.6. The van der Waals surface area contributed by atoms with Gasteiger partial charge in [-0.3, -0.25) is 10.1 Å². The van der Waals surface area contributed by atoms with E-state index < -0.39 is 0 Å². The average molecular weight is 248 g/mol. The van der Waals surface area contributed by atoms with Gasteiger partial charge in [-0.05, 0) is 43.2 Å². The van der Waals surface area contributed by atoms with E-state index in [2.05, 4.69) is 12.2 Å². The third-order valence-corrected chi connectivity index (χ3v) is 2.92. The molecule has 18 heavy (non-hydrogen) atoms. The van der Waals surface area contributed by atoms with Crippen molar-refractivity contribution in [3.63, 3.8) is 0 Å². The number of nitro groups is 1. The van der Waals surface area contributed by atoms with Crippen molar-refractivity contribution in [3.8, 4) is 0 Å². The lowest BCUT2D eigenvalue weighted by Crippen LogP contribution is -2.23. The minimum absolute atomic E-state index is 0.144. The average Bonchev–Trinajstić information content (AvgIpc) is 2.42. The molecule has 0 aromatic heterocycles. The smallest absolute Gasteiger partial charge is 0.269 e. The van der Waals surface area contributed by atoms with E-state index >= 15 is 0 Å². The van der Waals surface area contributed by atoms with Gasteiger partial charge in [0.15, 0.2) is 0 Å². The van der Waals surface area contributed by atoms with Gasteiger partial charge in [-0.1, -0.05) is 19.4 Å². The van der Waals surface area contributed by atoms with Gasteiger partial charge >= 0.3 is 0 Å². The molecule has 1 aromatic carbocycles. The van der Waals surface area contributed by atoms with Gasteiger partial charge in [0.25, 0.3) is 5.69 Å². The van der Waals surface area contributed by atoms with Crippen LogP contribution >= 0.6 is 0 Å². The van der Waals surface area contributed by atoms with Gasteiger partial charge in [0.05, 0.1) is 4.92 Å². The summed E-state index contributed by atoms with van der Waals surface area (Å²) in [7, 11) is 0. The van der Waals surface area contributed by atoms with Crippen molar-refractivity contribution in [3.05, 3.63) is 45.5 Å². The molecule has 2 rings (SSSR count). The first-order valence-corrected chi connectivity index (χ1v) is 6.32. The molecule has 4 heteroatoms. The highest BCUT2D eigenvalue weighted by Crippen LogP contribution is 2.24. The summed E-state index contributed by atoms with van der Waals surface area (Å²) < 4.78 is 0. The lowest BCUT2D eigenvalue weighted by Gasteiger charge is -2.19. The fraction of sp³-hybridized carbons (Fsp3) is 0.429. The van der Waals surface area contributed by atoms with E-state index in [0.29, 0.717) is 0 Å². The Balaban J connectivity index is 0.000000771. The SMILES string of the molecule is CC.CC1=C(c2ccc([N+](=O)[O-])cc2)CNCC1. The molecule has 0 saturated carbocycles. The van der Waals surface area contributed by atoms with Crippen molar-refractivity contribution in [1.29, 1.82) is 0 Å². The number of benzene rings is 1. The van der Waals surface area contributed by atoms with Crippen LogP contribution in [0.1, 0.15) is 32.8 Å². The van der Waals surface area contributed by atoms with Gasteiger partial charge in [0.2, 0.25) is 0 Å². The van der Waals surface area contributed by atoms with E-state index in [4.69, 9.17) is 0 Å². The van der Waals surface area contributed by atoms with Crippen LogP contribution in [0.25, 0.3) is 5.57 Å². The van der Waals surface area contributed by atoms with E-state index in [1.807, 2.05) is 26.0 Å². The minimum atomic E-state index is -0.371. The maximum absolute atomic E-state index is 10.5. The quantitative estimate of drug-likeness (QED) is 0.644. The molecule has 98 valence electrons. The molecular weight excluding hydrogens is 228 g/mol. The Labute approximate surface area is 108 Å². The number of nitro benzene ring substituents is 1. The summed E-state index contributed by atoms with van der Waals surface area (Å²) in [5.41, 5.74) is 3.86. The van der Waals surface area contributed by atoms with Crippen LogP contribution in [0.5, 0.6) is 0 Å². The Morgan fingerprint density at radius 3 is 2.33 bits per heavy atom. The molecule has 0 spiro atoms. The molecule has 0 atom stereocenters. The normalized spacial score (nSPS) is 14.8. The zero-order chi connectivity index (χ0) is 13.5. The van der Waals surface area contributed by atoms with Crippen molar-refractivity contribution in [2.75, 3.05) is 13.1 Å². The lowest BCUT2D eigenvalue weighted by atomic mass is 9.96. The summed E-state index contributed by atoms with van der Waals surface area (Å²) in [6.07, 6.45) is 1.05. The third-order valence-electron chi connectivity index (χ3n) is 2.92. The van der Waals surface area contributed by atoms with Crippen molar-refractivity contribution in [2.24, 2.45) is 0 Å². The Hall–Kier alpha value is -1.68. The summed E-state index contributed by atoms with van der Waals surface area (Å²) in [4.78, 5) is 10.2. The fourth-order valence-corrected chi connectivity index (χ4v) is 1.92. The molecule has 0 saturated heterocycles. The van der Waals surface area contributed by atoms with E-state index in [1.165, 1.54) is 11.1 Å². The zero-order valence-electron chi connectivity index (χ0n) is 11.2. The van der Waals surface area contributed by atoms with Gasteiger partial charge in [0.1, 0.15) is 0 Å². The maximum Gasteiger partial charge on any atom is 0.269 e. The van der Waals surface area contributed by atoms with Crippen molar-refractivity contribution >= 4 is 11.3 Å². The van der Waals surface area contributed by atoms with Crippen LogP contribution in [0.15, 0.2) is 29.8 Å². The highest BCUT2D eigenvalue weighted by Gasteiger charge is 2.12. The summed E-state index contributed by atoms with van der Waals surface area (Å²) in [6, 6.07) is 6.77. The number of non-ortho nitro benzene ring substituents is 1. The van der Waals surface area contributed by atoms with Crippen LogP contribution < -0.4 is 5.32 Å². The van der Waals surface area contributed by atoms with Crippen LogP contribution in [0, 0.1) is 10.1 Å². The molecule has 0 fully saturated rings. The number of rotatable bonds is 2. The summed E-state index contributed by atoms with van der Waals surface area (Å²) in [5, 5.41) is 13.8. The summed E-state index contributed by atoms with van der Waals surface area (Å²) >= 11 is 0. The number of nitrogens with zero attached hydrogens (tertiary/aromatic N) is 1. The second kappa shape index (κ2) is 6.91. The zero-order valence-corrected chi connectivity index (χ0v) is 11.2. The topological polar surface area (TPSA) is 55.2 Å². The number of hydrogen-bond acceptors (Lipinski definition) is 3. The van der Waals surface area contributed by atoms with Crippen LogP contribution in [0.2, 0.25) is 0 Å². The standard InChI is InChI=1S/C12H14N2O2.C2H6/c1-9-6-7-13-8-12(9)10-2-4-11(5-3-10)14(15)16;1-2/h2-5,13H,6-8H2,1H3;1-2H3. The molecule has 1 aliphatic rings. The van der Waals surface area contributed by atoms with Crippen molar-refractivity contribution in [1.82, 2.24) is 5.32 Å². The number of hydrogen-bond donors (Lipinski definition) is 1. The Kier molecular flexibility index (Phi) is 5.52. The molecule has 0 radical (unpaired) electrons. The van der Waals surface area contributed by atoms with E-state index in [-0.39, 0.29) is 10.6 Å². The minimum Gasteiger partial charge on any atom is -0.312 e. The van der Waals surface area contributed by atoms with Gasteiger partial charge in [-0.15, -0.1) is 0 Å². The van der Waals surface area contributed by atoms with E-state index in [0.717, 1.165) is 25.1 Å². The van der Waals surface area contributed by atoms with Crippen LogP contribution in [0.4, 0.5) is 5.69 Å². The molecule has 0 bridgehead atoms. The lowest BCUT2D eigenvalue weighted by molar-refractivity contribution is -0.384. The molecule has 0 unspecified atom stereocenters. The molecule has 0 amide bonds. The molecular formula is C14H20N2O2. The van der Waals surface area contributed by atoms with Gasteiger partial charge < -0.3 is 5.32 Å². The molecule has 0 aliphatic carbocycles. The summed E-state index contributed by atoms with van der Waals surface area (Å²) in [6.45, 7) is 7.99. The monoisotopic (exact) mass is 248 g/mol. The van der Waals surface area contributed by atoms with E-state index in [9.17, 15) is 10.1 Å². The van der Waals surface area contributed by atoms with E-state index in [1.54, 1.807) is 12.1 Å². The largest absolute Gasteiger partial charge is 0.312 e. The maximum atomic E-state index is 10.5. The molecule has 4 nitrogen and oxygen atoms in total. The second-order valence-corrected chi connectivity index (χ2v) is 3.99. The predicted octanol–water partition coefficient (Wildman–Crippen LogP) is 3.39. The first kappa shape index (κ1) is 14.4. The molecule has 1 aromatic rings. The molecule has 1 aliphatic heterocycles. The Morgan fingerprint density at radius 2 is 1.83 bits per heavy atom. The fourth-order valence-electron chi connectivity index (χ4n) is 1.92. The first-order chi connectivity index (χ1) is 8.68. The Morgan fingerprint density at radius 1 is 1.22 bits per heavy atom. The first-order valence-electron chi connectivity index (χ1n) is 6.32. The van der Waals surface area contributed by atoms with Crippen molar-refractivity contribution in [2.45, 2.75) is 27.2 Å². The third kappa shape index (κ3) is 3.40. The van der Waals surface area contributed by atoms with Crippen LogP contribution in [-0.4, -0.2) is 18.0 Å². The molecule has 1 heterocycles. The number of nitrogens with one attached hydrogen (secondary N) is 1. The van der Waals surface area contributed by atoms with Crippen LogP contribution in [-0.2, 0) is 0 Å². The predicted molar refractivity (Wildman–Crippen MR) is 74.5 cm³/mol. The highest BCUT2D eigenvalue weighted by molar-refractivity contribution is 5.71. The van der Waals surface area contributed by atoms with Gasteiger partial charge in [-0.2, -0.15) is 0 Å². The second-order valence-electron chi connectivity index (χ2n) is 3.99. The Bertz CT molecular complexity index is 436. The van der Waals surface area contributed by atoms with Gasteiger partial charge in [0, 0.05) is 18.7 Å². The van der Waals surface area contributed by atoms with Crippen molar-refractivity contribution < 1.29 is 4.92 Å². The van der Waals surface area contributed by atoms with Gasteiger partial charge in [-0.25, -0.2) is 0 Å². The summed E-state index contributed by atoms with van der Waals surface area (Å²) in [5.74, 6) is 0.